The Morgan fingerprint density at radius 2 is 1.79 bits per heavy atom. The average molecular weight is 390 g/mol. The van der Waals surface area contributed by atoms with E-state index in [2.05, 4.69) is 9.72 Å². The lowest BCUT2D eigenvalue weighted by Crippen LogP contribution is -2.26. The van der Waals surface area contributed by atoms with E-state index < -0.39 is 6.36 Å². The van der Waals surface area contributed by atoms with E-state index in [1.165, 1.54) is 35.2 Å². The Balaban J connectivity index is 1.67. The van der Waals surface area contributed by atoms with E-state index in [0.29, 0.717) is 28.6 Å². The Labute approximate surface area is 158 Å². The third kappa shape index (κ3) is 3.73. The molecule has 28 heavy (non-hydrogen) atoms. The van der Waals surface area contributed by atoms with Gasteiger partial charge in [-0.2, -0.15) is 0 Å². The minimum Gasteiger partial charge on any atom is -0.406 e. The maximum absolute atomic E-state index is 12.8. The summed E-state index contributed by atoms with van der Waals surface area (Å²) in [6, 6.07) is 10.6. The van der Waals surface area contributed by atoms with Gasteiger partial charge in [-0.1, -0.05) is 18.2 Å². The minimum atomic E-state index is -4.74. The van der Waals surface area contributed by atoms with Crippen LogP contribution >= 0.6 is 0 Å². The second kappa shape index (κ2) is 6.63. The molecule has 0 aliphatic heterocycles. The van der Waals surface area contributed by atoms with Crippen molar-refractivity contribution in [3.8, 4) is 16.9 Å². The van der Waals surface area contributed by atoms with Crippen molar-refractivity contribution in [1.82, 2.24) is 9.55 Å². The highest BCUT2D eigenvalue weighted by Crippen LogP contribution is 2.46. The van der Waals surface area contributed by atoms with Crippen LogP contribution in [0, 0.1) is 5.41 Å². The normalized spacial score (nSPS) is 15.6. The van der Waals surface area contributed by atoms with E-state index in [4.69, 9.17) is 0 Å². The van der Waals surface area contributed by atoms with Gasteiger partial charge >= 0.3 is 6.36 Å². The van der Waals surface area contributed by atoms with Gasteiger partial charge < -0.3 is 9.84 Å². The first-order valence-corrected chi connectivity index (χ1v) is 8.75. The van der Waals surface area contributed by atoms with Crippen LogP contribution in [0.4, 0.5) is 13.2 Å². The van der Waals surface area contributed by atoms with Gasteiger partial charge in [-0.15, -0.1) is 13.2 Å². The molecule has 1 saturated carbocycles. The van der Waals surface area contributed by atoms with Gasteiger partial charge in [0, 0.05) is 12.0 Å². The lowest BCUT2D eigenvalue weighted by molar-refractivity contribution is -0.274. The zero-order valence-corrected chi connectivity index (χ0v) is 14.7. The third-order valence-electron chi connectivity index (χ3n) is 5.04. The van der Waals surface area contributed by atoms with Gasteiger partial charge in [-0.3, -0.25) is 9.36 Å². The summed E-state index contributed by atoms with van der Waals surface area (Å²) in [6.07, 6.45) is -1.50. The molecule has 1 heterocycles. The van der Waals surface area contributed by atoms with Crippen molar-refractivity contribution < 1.29 is 23.0 Å². The number of alkyl halides is 3. The topological polar surface area (TPSA) is 64.3 Å². The fraction of sp³-hybridized carbons (Fsp3) is 0.300. The van der Waals surface area contributed by atoms with Crippen molar-refractivity contribution in [2.45, 2.75) is 25.7 Å². The van der Waals surface area contributed by atoms with E-state index in [1.807, 2.05) is 0 Å². The van der Waals surface area contributed by atoms with Crippen LogP contribution in [-0.2, 0) is 6.54 Å². The molecule has 0 bridgehead atoms. The first kappa shape index (κ1) is 18.5. The number of rotatable bonds is 5. The molecule has 5 nitrogen and oxygen atoms in total. The SMILES string of the molecule is O=c1c2cc(-c3ccc(OC(F)(F)F)cc3)ccc2ncn1CC1(CO)CC1. The summed E-state index contributed by atoms with van der Waals surface area (Å²) >= 11 is 0. The Morgan fingerprint density at radius 3 is 2.39 bits per heavy atom. The lowest BCUT2D eigenvalue weighted by atomic mass is 10.0. The van der Waals surface area contributed by atoms with Crippen LogP contribution in [0.5, 0.6) is 5.75 Å². The van der Waals surface area contributed by atoms with Gasteiger partial charge in [0.2, 0.25) is 0 Å². The van der Waals surface area contributed by atoms with Crippen molar-refractivity contribution >= 4 is 10.9 Å². The van der Waals surface area contributed by atoms with Gasteiger partial charge in [0.1, 0.15) is 5.75 Å². The molecule has 1 N–H and O–H groups in total. The largest absolute Gasteiger partial charge is 0.573 e. The molecule has 0 spiro atoms. The number of hydrogen-bond donors (Lipinski definition) is 1. The van der Waals surface area contributed by atoms with Gasteiger partial charge in [-0.25, -0.2) is 4.98 Å². The summed E-state index contributed by atoms with van der Waals surface area (Å²) in [7, 11) is 0. The maximum atomic E-state index is 12.8. The summed E-state index contributed by atoms with van der Waals surface area (Å²) in [5.74, 6) is -0.306. The van der Waals surface area contributed by atoms with E-state index in [1.54, 1.807) is 18.2 Å². The monoisotopic (exact) mass is 390 g/mol. The van der Waals surface area contributed by atoms with E-state index in [-0.39, 0.29) is 23.3 Å². The molecule has 4 rings (SSSR count). The number of aliphatic hydroxyl groups is 1. The van der Waals surface area contributed by atoms with Crippen molar-refractivity contribution in [2.75, 3.05) is 6.61 Å². The molecule has 0 unspecified atom stereocenters. The molecule has 0 amide bonds. The molecule has 1 aliphatic rings. The van der Waals surface area contributed by atoms with Crippen LogP contribution in [0.3, 0.4) is 0 Å². The summed E-state index contributed by atoms with van der Waals surface area (Å²) in [5.41, 5.74) is 1.44. The van der Waals surface area contributed by atoms with E-state index in [0.717, 1.165) is 12.8 Å². The fourth-order valence-corrected chi connectivity index (χ4v) is 3.20. The van der Waals surface area contributed by atoms with Crippen LogP contribution in [0.25, 0.3) is 22.0 Å². The molecule has 1 aliphatic carbocycles. The van der Waals surface area contributed by atoms with Gasteiger partial charge in [0.15, 0.2) is 0 Å². The Kier molecular flexibility index (Phi) is 4.38. The quantitative estimate of drug-likeness (QED) is 0.721. The third-order valence-corrected chi connectivity index (χ3v) is 5.04. The Morgan fingerprint density at radius 1 is 1.11 bits per heavy atom. The molecule has 2 aromatic carbocycles. The van der Waals surface area contributed by atoms with Gasteiger partial charge in [-0.05, 0) is 48.2 Å². The van der Waals surface area contributed by atoms with Crippen molar-refractivity contribution in [3.63, 3.8) is 0 Å². The Bertz CT molecular complexity index is 1070. The first-order chi connectivity index (χ1) is 13.3. The molecule has 0 saturated heterocycles. The van der Waals surface area contributed by atoms with Crippen LogP contribution in [0.15, 0.2) is 53.6 Å². The molecular formula is C20H17F3N2O3. The molecule has 8 heteroatoms. The van der Waals surface area contributed by atoms with E-state index in [9.17, 15) is 23.1 Å². The smallest absolute Gasteiger partial charge is 0.406 e. The molecule has 146 valence electrons. The number of hydrogen-bond acceptors (Lipinski definition) is 4. The molecule has 3 aromatic rings. The van der Waals surface area contributed by atoms with Crippen molar-refractivity contribution in [3.05, 3.63) is 59.1 Å². The van der Waals surface area contributed by atoms with Gasteiger partial charge in [0.05, 0.1) is 23.8 Å². The number of aromatic nitrogens is 2. The highest BCUT2D eigenvalue weighted by molar-refractivity contribution is 5.83. The molecule has 0 radical (unpaired) electrons. The zero-order valence-electron chi connectivity index (χ0n) is 14.7. The number of fused-ring (bicyclic) bond motifs is 1. The highest BCUT2D eigenvalue weighted by Gasteiger charge is 2.42. The second-order valence-corrected chi connectivity index (χ2v) is 7.14. The summed E-state index contributed by atoms with van der Waals surface area (Å²) < 4.78 is 42.2. The molecule has 0 atom stereocenters. The number of aliphatic hydroxyl groups excluding tert-OH is 1. The Hall–Kier alpha value is -2.87. The first-order valence-electron chi connectivity index (χ1n) is 8.75. The molecular weight excluding hydrogens is 373 g/mol. The summed E-state index contributed by atoms with van der Waals surface area (Å²) in [4.78, 5) is 17.2. The summed E-state index contributed by atoms with van der Waals surface area (Å²) in [6.45, 7) is 0.447. The standard InChI is InChI=1S/C20H17F3N2O3/c21-20(22,23)28-15-4-1-13(2-5-15)14-3-6-17-16(9-14)18(27)25(12-24-17)10-19(11-26)7-8-19/h1-6,9,12,26H,7-8,10-11H2. The zero-order chi connectivity index (χ0) is 19.9. The van der Waals surface area contributed by atoms with Crippen LogP contribution in [0.2, 0.25) is 0 Å². The maximum Gasteiger partial charge on any atom is 0.573 e. The van der Waals surface area contributed by atoms with Crippen molar-refractivity contribution in [1.29, 1.82) is 0 Å². The number of ether oxygens (including phenoxy) is 1. The predicted octanol–water partition coefficient (Wildman–Crippen LogP) is 3.73. The lowest BCUT2D eigenvalue weighted by Gasteiger charge is -2.14. The van der Waals surface area contributed by atoms with E-state index >= 15 is 0 Å². The van der Waals surface area contributed by atoms with Crippen LogP contribution in [0.1, 0.15) is 12.8 Å². The average Bonchev–Trinajstić information content (AvgIpc) is 3.43. The van der Waals surface area contributed by atoms with Crippen LogP contribution in [-0.4, -0.2) is 27.6 Å². The minimum absolute atomic E-state index is 0.0316. The molecule has 1 aromatic heterocycles. The van der Waals surface area contributed by atoms with Crippen molar-refractivity contribution in [2.24, 2.45) is 5.41 Å². The van der Waals surface area contributed by atoms with Gasteiger partial charge in [0.25, 0.3) is 5.56 Å². The second-order valence-electron chi connectivity index (χ2n) is 7.14. The molecule has 1 fully saturated rings. The summed E-state index contributed by atoms with van der Waals surface area (Å²) in [5, 5.41) is 9.91. The highest BCUT2D eigenvalue weighted by atomic mass is 19.4. The fourth-order valence-electron chi connectivity index (χ4n) is 3.20. The van der Waals surface area contributed by atoms with Crippen LogP contribution < -0.4 is 10.3 Å². The number of nitrogens with zero attached hydrogens (tertiary/aromatic N) is 2. The number of benzene rings is 2. The predicted molar refractivity (Wildman–Crippen MR) is 96.9 cm³/mol. The number of halogens is 3.